The molecule has 2 amide bonds. The first-order valence-electron chi connectivity index (χ1n) is 9.44. The normalized spacial score (nSPS) is 14.7. The Morgan fingerprint density at radius 2 is 1.93 bits per heavy atom. The number of piperazine rings is 1. The Morgan fingerprint density at radius 1 is 1.14 bits per heavy atom. The van der Waals surface area contributed by atoms with Gasteiger partial charge >= 0.3 is 0 Å². The van der Waals surface area contributed by atoms with Gasteiger partial charge in [-0.1, -0.05) is 12.1 Å². The molecule has 7 heteroatoms. The van der Waals surface area contributed by atoms with E-state index in [1.54, 1.807) is 25.3 Å². The Hall–Kier alpha value is -2.80. The van der Waals surface area contributed by atoms with Gasteiger partial charge in [0.05, 0.1) is 32.9 Å². The van der Waals surface area contributed by atoms with Crippen LogP contribution < -0.4 is 4.74 Å². The summed E-state index contributed by atoms with van der Waals surface area (Å²) in [5.74, 6) is 1.68. The summed E-state index contributed by atoms with van der Waals surface area (Å²) in [7, 11) is 3.40. The summed E-state index contributed by atoms with van der Waals surface area (Å²) >= 11 is 0. The zero-order valence-corrected chi connectivity index (χ0v) is 16.5. The standard InChI is InChI=1S/C21H27N3O4/c1-22(15-19-7-4-12-28-19)21(26)16-23-8-10-24(11-9-23)20(25)14-17-5-3-6-18(13-17)27-2/h3-7,12-13H,8-11,14-16H2,1-2H3. The number of nitrogens with zero attached hydrogens (tertiary/aromatic N) is 3. The van der Waals surface area contributed by atoms with E-state index in [1.807, 2.05) is 41.3 Å². The van der Waals surface area contributed by atoms with Gasteiger partial charge in [-0.05, 0) is 29.8 Å². The van der Waals surface area contributed by atoms with Crippen molar-refractivity contribution in [2.75, 3.05) is 46.9 Å². The fourth-order valence-electron chi connectivity index (χ4n) is 3.26. The van der Waals surface area contributed by atoms with E-state index in [9.17, 15) is 9.59 Å². The maximum absolute atomic E-state index is 12.6. The van der Waals surface area contributed by atoms with Crippen LogP contribution in [-0.4, -0.2) is 73.4 Å². The lowest BCUT2D eigenvalue weighted by Gasteiger charge is -2.35. The van der Waals surface area contributed by atoms with Crippen LogP contribution in [0.3, 0.4) is 0 Å². The molecule has 2 aromatic rings. The van der Waals surface area contributed by atoms with Gasteiger partial charge in [-0.15, -0.1) is 0 Å². The van der Waals surface area contributed by atoms with Crippen molar-refractivity contribution in [2.24, 2.45) is 0 Å². The average molecular weight is 385 g/mol. The molecule has 1 fully saturated rings. The Balaban J connectivity index is 1.43. The number of furan rings is 1. The SMILES string of the molecule is COc1cccc(CC(=O)N2CCN(CC(=O)N(C)Cc3ccco3)CC2)c1. The summed E-state index contributed by atoms with van der Waals surface area (Å²) < 4.78 is 10.5. The molecule has 1 aliphatic heterocycles. The van der Waals surface area contributed by atoms with Gasteiger partial charge in [-0.3, -0.25) is 14.5 Å². The largest absolute Gasteiger partial charge is 0.497 e. The smallest absolute Gasteiger partial charge is 0.236 e. The molecule has 0 unspecified atom stereocenters. The zero-order chi connectivity index (χ0) is 19.9. The van der Waals surface area contributed by atoms with E-state index in [1.165, 1.54) is 0 Å². The number of carbonyl (C=O) groups excluding carboxylic acids is 2. The molecule has 1 saturated heterocycles. The topological polar surface area (TPSA) is 66.2 Å². The third-order valence-electron chi connectivity index (χ3n) is 4.97. The van der Waals surface area contributed by atoms with Crippen molar-refractivity contribution in [1.29, 1.82) is 0 Å². The van der Waals surface area contributed by atoms with Gasteiger partial charge in [0.1, 0.15) is 11.5 Å². The van der Waals surface area contributed by atoms with Gasteiger partial charge in [0.15, 0.2) is 0 Å². The number of rotatable bonds is 7. The molecular weight excluding hydrogens is 358 g/mol. The Morgan fingerprint density at radius 3 is 2.61 bits per heavy atom. The number of methoxy groups -OCH3 is 1. The van der Waals surface area contributed by atoms with Gasteiger partial charge in [0.2, 0.25) is 11.8 Å². The summed E-state index contributed by atoms with van der Waals surface area (Å²) in [4.78, 5) is 30.6. The molecule has 28 heavy (non-hydrogen) atoms. The van der Waals surface area contributed by atoms with Crippen molar-refractivity contribution in [1.82, 2.24) is 14.7 Å². The second kappa shape index (κ2) is 9.41. The highest BCUT2D eigenvalue weighted by molar-refractivity contribution is 5.79. The summed E-state index contributed by atoms with van der Waals surface area (Å²) in [6, 6.07) is 11.3. The minimum absolute atomic E-state index is 0.0487. The summed E-state index contributed by atoms with van der Waals surface area (Å²) in [6.45, 7) is 3.49. The molecule has 0 spiro atoms. The van der Waals surface area contributed by atoms with Gasteiger partial charge in [-0.25, -0.2) is 0 Å². The molecule has 0 radical (unpaired) electrons. The number of benzene rings is 1. The summed E-state index contributed by atoms with van der Waals surface area (Å²) in [6.07, 6.45) is 1.97. The molecule has 2 heterocycles. The minimum Gasteiger partial charge on any atom is -0.497 e. The predicted molar refractivity (Wildman–Crippen MR) is 105 cm³/mol. The predicted octanol–water partition coefficient (Wildman–Crippen LogP) is 1.63. The lowest BCUT2D eigenvalue weighted by Crippen LogP contribution is -2.51. The van der Waals surface area contributed by atoms with Crippen LogP contribution in [0.1, 0.15) is 11.3 Å². The van der Waals surface area contributed by atoms with Crippen LogP contribution in [0.4, 0.5) is 0 Å². The van der Waals surface area contributed by atoms with E-state index >= 15 is 0 Å². The molecule has 0 atom stereocenters. The first-order valence-corrected chi connectivity index (χ1v) is 9.44. The first kappa shape index (κ1) is 19.9. The number of likely N-dealkylation sites (N-methyl/N-ethyl adjacent to an activating group) is 1. The molecular formula is C21H27N3O4. The third kappa shape index (κ3) is 5.36. The van der Waals surface area contributed by atoms with Crippen molar-refractivity contribution < 1.29 is 18.7 Å². The van der Waals surface area contributed by atoms with E-state index in [-0.39, 0.29) is 11.8 Å². The number of ether oxygens (including phenoxy) is 1. The number of amides is 2. The Labute approximate surface area is 165 Å². The van der Waals surface area contributed by atoms with Crippen LogP contribution in [0, 0.1) is 0 Å². The van der Waals surface area contributed by atoms with E-state index < -0.39 is 0 Å². The van der Waals surface area contributed by atoms with Crippen LogP contribution in [0.25, 0.3) is 0 Å². The van der Waals surface area contributed by atoms with Crippen molar-refractivity contribution in [2.45, 2.75) is 13.0 Å². The third-order valence-corrected chi connectivity index (χ3v) is 4.97. The molecule has 1 aromatic carbocycles. The lowest BCUT2D eigenvalue weighted by molar-refractivity contribution is -0.134. The van der Waals surface area contributed by atoms with Crippen LogP contribution in [0.5, 0.6) is 5.75 Å². The Kier molecular flexibility index (Phi) is 6.71. The van der Waals surface area contributed by atoms with Crippen LogP contribution in [0.15, 0.2) is 47.1 Å². The van der Waals surface area contributed by atoms with Gasteiger partial charge < -0.3 is 19.0 Å². The number of carbonyl (C=O) groups is 2. The molecule has 0 aliphatic carbocycles. The number of hydrogen-bond acceptors (Lipinski definition) is 5. The fourth-order valence-corrected chi connectivity index (χ4v) is 3.26. The van der Waals surface area contributed by atoms with E-state index in [0.717, 1.165) is 17.1 Å². The van der Waals surface area contributed by atoms with Gasteiger partial charge in [0.25, 0.3) is 0 Å². The highest BCUT2D eigenvalue weighted by atomic mass is 16.5. The maximum atomic E-state index is 12.6. The molecule has 1 aromatic heterocycles. The second-order valence-electron chi connectivity index (χ2n) is 7.01. The van der Waals surface area contributed by atoms with Gasteiger partial charge in [0, 0.05) is 33.2 Å². The van der Waals surface area contributed by atoms with Crippen LogP contribution >= 0.6 is 0 Å². The van der Waals surface area contributed by atoms with E-state index in [4.69, 9.17) is 9.15 Å². The van der Waals surface area contributed by atoms with Crippen LogP contribution in [-0.2, 0) is 22.6 Å². The monoisotopic (exact) mass is 385 g/mol. The molecule has 7 nitrogen and oxygen atoms in total. The zero-order valence-electron chi connectivity index (χ0n) is 16.5. The lowest BCUT2D eigenvalue weighted by atomic mass is 10.1. The quantitative estimate of drug-likeness (QED) is 0.725. The van der Waals surface area contributed by atoms with Crippen molar-refractivity contribution in [3.05, 3.63) is 54.0 Å². The molecule has 0 N–H and O–H groups in total. The summed E-state index contributed by atoms with van der Waals surface area (Å²) in [5, 5.41) is 0. The highest BCUT2D eigenvalue weighted by Gasteiger charge is 2.23. The summed E-state index contributed by atoms with van der Waals surface area (Å²) in [5.41, 5.74) is 0.946. The molecule has 3 rings (SSSR count). The highest BCUT2D eigenvalue weighted by Crippen LogP contribution is 2.14. The molecule has 0 bridgehead atoms. The van der Waals surface area contributed by atoms with Gasteiger partial charge in [-0.2, -0.15) is 0 Å². The van der Waals surface area contributed by atoms with E-state index in [2.05, 4.69) is 4.90 Å². The van der Waals surface area contributed by atoms with Crippen molar-refractivity contribution >= 4 is 11.8 Å². The van der Waals surface area contributed by atoms with Crippen molar-refractivity contribution in [3.8, 4) is 5.75 Å². The Bertz CT molecular complexity index is 783. The minimum atomic E-state index is 0.0487. The molecule has 1 aliphatic rings. The molecule has 0 saturated carbocycles. The maximum Gasteiger partial charge on any atom is 0.236 e. The average Bonchev–Trinajstić information content (AvgIpc) is 3.21. The first-order chi connectivity index (χ1) is 13.5. The van der Waals surface area contributed by atoms with Crippen LogP contribution in [0.2, 0.25) is 0 Å². The fraction of sp³-hybridized carbons (Fsp3) is 0.429. The van der Waals surface area contributed by atoms with E-state index in [0.29, 0.717) is 45.7 Å². The van der Waals surface area contributed by atoms with Crippen molar-refractivity contribution in [3.63, 3.8) is 0 Å². The number of hydrogen-bond donors (Lipinski definition) is 0. The second-order valence-corrected chi connectivity index (χ2v) is 7.01. The molecule has 150 valence electrons.